The van der Waals surface area contributed by atoms with Crippen molar-refractivity contribution in [3.05, 3.63) is 64.1 Å². The number of fused-ring (bicyclic) bond motifs is 1. The molecule has 0 aromatic heterocycles. The zero-order valence-electron chi connectivity index (χ0n) is 11.6. The number of nitrogens with one attached hydrogen (secondary N) is 2. The number of carbonyl (C=O) groups excluding carboxylic acids is 1. The molecule has 2 aromatic rings. The molecule has 0 bridgehead atoms. The molecule has 3 rings (SSSR count). The molecule has 3 nitrogen and oxygen atoms in total. The van der Waals surface area contributed by atoms with E-state index in [1.54, 1.807) is 0 Å². The highest BCUT2D eigenvalue weighted by molar-refractivity contribution is 9.10. The average Bonchev–Trinajstić information content (AvgIpc) is 2.64. The maximum atomic E-state index is 12.3. The molecule has 1 unspecified atom stereocenters. The molecule has 0 spiro atoms. The van der Waals surface area contributed by atoms with Crippen molar-refractivity contribution >= 4 is 27.5 Å². The van der Waals surface area contributed by atoms with Gasteiger partial charge >= 0.3 is 0 Å². The monoisotopic (exact) mass is 344 g/mol. The predicted molar refractivity (Wildman–Crippen MR) is 88.2 cm³/mol. The fraction of sp³-hybridized carbons (Fsp3) is 0.235. The summed E-state index contributed by atoms with van der Waals surface area (Å²) in [5.74, 6) is 0.0509. The Labute approximate surface area is 132 Å². The number of halogens is 1. The highest BCUT2D eigenvalue weighted by Crippen LogP contribution is 2.21. The van der Waals surface area contributed by atoms with Crippen LogP contribution in [0.2, 0.25) is 0 Å². The second-order valence-electron chi connectivity index (χ2n) is 5.25. The van der Waals surface area contributed by atoms with Crippen molar-refractivity contribution in [1.29, 1.82) is 0 Å². The van der Waals surface area contributed by atoms with E-state index in [-0.39, 0.29) is 11.9 Å². The number of carbonyl (C=O) groups is 1. The van der Waals surface area contributed by atoms with Crippen LogP contribution in [0.1, 0.15) is 17.5 Å². The molecule has 2 aromatic carbocycles. The van der Waals surface area contributed by atoms with E-state index in [1.807, 2.05) is 30.3 Å². The van der Waals surface area contributed by atoms with E-state index in [1.165, 1.54) is 11.1 Å². The van der Waals surface area contributed by atoms with Gasteiger partial charge in [0.05, 0.1) is 6.04 Å². The first-order valence-electron chi connectivity index (χ1n) is 7.09. The van der Waals surface area contributed by atoms with Crippen LogP contribution in [-0.4, -0.2) is 11.9 Å². The molecule has 1 aliphatic rings. The van der Waals surface area contributed by atoms with Crippen LogP contribution >= 0.6 is 15.9 Å². The molecular weight excluding hydrogens is 328 g/mol. The van der Waals surface area contributed by atoms with Crippen molar-refractivity contribution in [3.8, 4) is 0 Å². The standard InChI is InChI=1S/C17H17BrN2O/c18-14-6-3-4-12(10-14)11-19-16-9-8-13-5-1-2-7-15(13)20-17(16)21/h1-7,10,16,19H,8-9,11H2,(H,20,21). The lowest BCUT2D eigenvalue weighted by molar-refractivity contribution is -0.118. The molecule has 4 heteroatoms. The quantitative estimate of drug-likeness (QED) is 0.894. The number of hydrogen-bond acceptors (Lipinski definition) is 2. The Bertz CT molecular complexity index is 657. The average molecular weight is 345 g/mol. The molecule has 0 radical (unpaired) electrons. The smallest absolute Gasteiger partial charge is 0.241 e. The van der Waals surface area contributed by atoms with Gasteiger partial charge in [0, 0.05) is 16.7 Å². The minimum Gasteiger partial charge on any atom is -0.324 e. The summed E-state index contributed by atoms with van der Waals surface area (Å²) in [6, 6.07) is 16.0. The van der Waals surface area contributed by atoms with E-state index in [2.05, 4.69) is 44.8 Å². The lowest BCUT2D eigenvalue weighted by atomic mass is 10.1. The van der Waals surface area contributed by atoms with Crippen molar-refractivity contribution < 1.29 is 4.79 Å². The summed E-state index contributed by atoms with van der Waals surface area (Å²) in [5, 5.41) is 6.37. The third-order valence-electron chi connectivity index (χ3n) is 3.74. The Balaban J connectivity index is 1.66. The van der Waals surface area contributed by atoms with Crippen LogP contribution in [0.5, 0.6) is 0 Å². The summed E-state index contributed by atoms with van der Waals surface area (Å²) in [7, 11) is 0. The molecule has 1 amide bonds. The Morgan fingerprint density at radius 3 is 2.90 bits per heavy atom. The topological polar surface area (TPSA) is 41.1 Å². The third kappa shape index (κ3) is 3.52. The first-order valence-corrected chi connectivity index (χ1v) is 7.88. The summed E-state index contributed by atoms with van der Waals surface area (Å²) in [5.41, 5.74) is 3.31. The highest BCUT2D eigenvalue weighted by atomic mass is 79.9. The summed E-state index contributed by atoms with van der Waals surface area (Å²) >= 11 is 3.46. The first kappa shape index (κ1) is 14.3. The summed E-state index contributed by atoms with van der Waals surface area (Å²) in [6.07, 6.45) is 1.72. The van der Waals surface area contributed by atoms with Crippen LogP contribution < -0.4 is 10.6 Å². The second kappa shape index (κ2) is 6.41. The molecule has 0 saturated carbocycles. The van der Waals surface area contributed by atoms with Gasteiger partial charge in [-0.1, -0.05) is 46.3 Å². The van der Waals surface area contributed by atoms with Gasteiger partial charge in [-0.3, -0.25) is 4.79 Å². The molecule has 21 heavy (non-hydrogen) atoms. The number of hydrogen-bond donors (Lipinski definition) is 2. The molecule has 0 aliphatic carbocycles. The fourth-order valence-corrected chi connectivity index (χ4v) is 3.04. The van der Waals surface area contributed by atoms with E-state index < -0.39 is 0 Å². The molecular formula is C17H17BrN2O. The summed E-state index contributed by atoms with van der Waals surface area (Å²) in [6.45, 7) is 0.688. The van der Waals surface area contributed by atoms with Crippen molar-refractivity contribution in [2.24, 2.45) is 0 Å². The lowest BCUT2D eigenvalue weighted by Crippen LogP contribution is -2.39. The zero-order chi connectivity index (χ0) is 14.7. The Morgan fingerprint density at radius 1 is 1.19 bits per heavy atom. The van der Waals surface area contributed by atoms with Gasteiger partial charge < -0.3 is 10.6 Å². The molecule has 0 fully saturated rings. The molecule has 108 valence electrons. The minimum absolute atomic E-state index is 0.0509. The predicted octanol–water partition coefficient (Wildman–Crippen LogP) is 3.49. The number of rotatable bonds is 3. The van der Waals surface area contributed by atoms with Gasteiger partial charge in [0.2, 0.25) is 5.91 Å². The van der Waals surface area contributed by atoms with Crippen molar-refractivity contribution in [1.82, 2.24) is 5.32 Å². The van der Waals surface area contributed by atoms with E-state index in [9.17, 15) is 4.79 Å². The lowest BCUT2D eigenvalue weighted by Gasteiger charge is -2.15. The second-order valence-corrected chi connectivity index (χ2v) is 6.16. The number of benzene rings is 2. The van der Waals surface area contributed by atoms with E-state index >= 15 is 0 Å². The Morgan fingerprint density at radius 2 is 2.05 bits per heavy atom. The normalized spacial score (nSPS) is 17.8. The molecule has 1 aliphatic heterocycles. The first-order chi connectivity index (χ1) is 10.2. The van der Waals surface area contributed by atoms with Crippen molar-refractivity contribution in [3.63, 3.8) is 0 Å². The van der Waals surface area contributed by atoms with Gasteiger partial charge in [0.15, 0.2) is 0 Å². The van der Waals surface area contributed by atoms with E-state index in [0.29, 0.717) is 6.54 Å². The third-order valence-corrected chi connectivity index (χ3v) is 4.23. The van der Waals surface area contributed by atoms with Gasteiger partial charge in [0.1, 0.15) is 0 Å². The van der Waals surface area contributed by atoms with Gasteiger partial charge in [-0.2, -0.15) is 0 Å². The number of amides is 1. The largest absolute Gasteiger partial charge is 0.324 e. The Kier molecular flexibility index (Phi) is 4.36. The van der Waals surface area contributed by atoms with Crippen LogP contribution in [0.4, 0.5) is 5.69 Å². The number of anilines is 1. The van der Waals surface area contributed by atoms with Gasteiger partial charge in [-0.15, -0.1) is 0 Å². The maximum absolute atomic E-state index is 12.3. The van der Waals surface area contributed by atoms with Crippen LogP contribution in [0, 0.1) is 0 Å². The van der Waals surface area contributed by atoms with Crippen LogP contribution in [0.3, 0.4) is 0 Å². The summed E-state index contributed by atoms with van der Waals surface area (Å²) in [4.78, 5) is 12.3. The number of aryl methyl sites for hydroxylation is 1. The SMILES string of the molecule is O=C1Nc2ccccc2CCC1NCc1cccc(Br)c1. The summed E-state index contributed by atoms with van der Waals surface area (Å²) < 4.78 is 1.06. The Hall–Kier alpha value is -1.65. The molecule has 0 saturated heterocycles. The minimum atomic E-state index is -0.156. The molecule has 1 heterocycles. The van der Waals surface area contributed by atoms with Gasteiger partial charge in [-0.25, -0.2) is 0 Å². The fourth-order valence-electron chi connectivity index (χ4n) is 2.59. The van der Waals surface area contributed by atoms with E-state index in [4.69, 9.17) is 0 Å². The zero-order valence-corrected chi connectivity index (χ0v) is 13.2. The van der Waals surface area contributed by atoms with Gasteiger partial charge in [0.25, 0.3) is 0 Å². The molecule has 1 atom stereocenters. The van der Waals surface area contributed by atoms with Crippen LogP contribution in [0.25, 0.3) is 0 Å². The van der Waals surface area contributed by atoms with Crippen LogP contribution in [-0.2, 0) is 17.8 Å². The number of para-hydroxylation sites is 1. The van der Waals surface area contributed by atoms with Crippen LogP contribution in [0.15, 0.2) is 53.0 Å². The van der Waals surface area contributed by atoms with Gasteiger partial charge in [-0.05, 0) is 42.2 Å². The van der Waals surface area contributed by atoms with E-state index in [0.717, 1.165) is 23.0 Å². The van der Waals surface area contributed by atoms with Crippen molar-refractivity contribution in [2.45, 2.75) is 25.4 Å². The van der Waals surface area contributed by atoms with Crippen molar-refractivity contribution in [2.75, 3.05) is 5.32 Å². The maximum Gasteiger partial charge on any atom is 0.241 e. The molecule has 2 N–H and O–H groups in total. The highest BCUT2D eigenvalue weighted by Gasteiger charge is 2.22.